The number of aromatic nitrogens is 4. The summed E-state index contributed by atoms with van der Waals surface area (Å²) in [4.78, 5) is 30.5. The van der Waals surface area contributed by atoms with Crippen LogP contribution in [0.25, 0.3) is 11.3 Å². The van der Waals surface area contributed by atoms with Crippen LogP contribution in [0, 0.1) is 6.92 Å². The molecule has 0 amide bonds. The van der Waals surface area contributed by atoms with Gasteiger partial charge in [0.1, 0.15) is 0 Å². The largest absolute Gasteiger partial charge is 0.378 e. The Morgan fingerprint density at radius 2 is 1.83 bits per heavy atom. The highest BCUT2D eigenvalue weighted by molar-refractivity contribution is 6.35. The van der Waals surface area contributed by atoms with Crippen molar-refractivity contribution in [1.29, 1.82) is 0 Å². The lowest BCUT2D eigenvalue weighted by molar-refractivity contribution is 0.122. The van der Waals surface area contributed by atoms with Crippen LogP contribution in [-0.4, -0.2) is 46.2 Å². The maximum atomic E-state index is 12.2. The molecule has 0 aliphatic carbocycles. The molecule has 0 spiro atoms. The molecular weight excluding hydrogens is 415 g/mol. The van der Waals surface area contributed by atoms with Crippen LogP contribution in [0.4, 0.5) is 17.6 Å². The van der Waals surface area contributed by atoms with Crippen LogP contribution < -0.4 is 15.8 Å². The topological polar surface area (TPSA) is 96.0 Å². The molecule has 1 fully saturated rings. The smallest absolute Gasteiger partial charge is 0.252 e. The van der Waals surface area contributed by atoms with Gasteiger partial charge in [0.25, 0.3) is 5.56 Å². The van der Waals surface area contributed by atoms with E-state index in [0.29, 0.717) is 46.2 Å². The molecule has 1 saturated heterocycles. The van der Waals surface area contributed by atoms with Crippen LogP contribution in [0.15, 0.2) is 35.3 Å². The molecule has 1 aliphatic heterocycles. The van der Waals surface area contributed by atoms with Crippen LogP contribution in [0.3, 0.4) is 0 Å². The molecule has 3 heterocycles. The van der Waals surface area contributed by atoms with Gasteiger partial charge in [0.2, 0.25) is 11.9 Å². The van der Waals surface area contributed by atoms with Crippen molar-refractivity contribution in [1.82, 2.24) is 19.9 Å². The highest BCUT2D eigenvalue weighted by atomic mass is 35.5. The minimum Gasteiger partial charge on any atom is -0.378 e. The summed E-state index contributed by atoms with van der Waals surface area (Å²) in [5, 5.41) is 3.97. The molecule has 8 nitrogen and oxygen atoms in total. The Hall–Kier alpha value is -2.68. The van der Waals surface area contributed by atoms with Crippen molar-refractivity contribution in [3.05, 3.63) is 56.6 Å². The van der Waals surface area contributed by atoms with Gasteiger partial charge in [0.05, 0.1) is 24.6 Å². The number of morpholine rings is 1. The maximum absolute atomic E-state index is 12.2. The molecule has 1 aliphatic rings. The first-order valence-corrected chi connectivity index (χ1v) is 9.75. The van der Waals surface area contributed by atoms with Crippen LogP contribution in [0.5, 0.6) is 0 Å². The number of nitrogens with one attached hydrogen (secondary N) is 2. The molecule has 150 valence electrons. The number of halogens is 2. The molecule has 10 heteroatoms. The van der Waals surface area contributed by atoms with E-state index in [-0.39, 0.29) is 11.5 Å². The highest BCUT2D eigenvalue weighted by Crippen LogP contribution is 2.25. The van der Waals surface area contributed by atoms with Gasteiger partial charge in [0, 0.05) is 46.6 Å². The summed E-state index contributed by atoms with van der Waals surface area (Å²) in [7, 11) is 0. The fraction of sp³-hybridized carbons (Fsp3) is 0.263. The van der Waals surface area contributed by atoms with E-state index in [1.54, 1.807) is 24.4 Å². The third-order valence-electron chi connectivity index (χ3n) is 4.40. The second-order valence-electron chi connectivity index (χ2n) is 6.53. The average molecular weight is 433 g/mol. The third-order valence-corrected chi connectivity index (χ3v) is 4.84. The van der Waals surface area contributed by atoms with Crippen molar-refractivity contribution in [3.63, 3.8) is 0 Å². The molecule has 29 heavy (non-hydrogen) atoms. The van der Waals surface area contributed by atoms with Crippen LogP contribution in [-0.2, 0) is 4.74 Å². The Labute approximate surface area is 176 Å². The van der Waals surface area contributed by atoms with E-state index in [1.165, 1.54) is 6.07 Å². The zero-order valence-corrected chi connectivity index (χ0v) is 17.1. The number of nitrogens with zero attached hydrogens (tertiary/aromatic N) is 4. The quantitative estimate of drug-likeness (QED) is 0.651. The number of hydrogen-bond acceptors (Lipinski definition) is 7. The zero-order valence-electron chi connectivity index (χ0n) is 15.6. The Morgan fingerprint density at radius 1 is 1.10 bits per heavy atom. The summed E-state index contributed by atoms with van der Waals surface area (Å²) in [6.45, 7) is 4.68. The van der Waals surface area contributed by atoms with E-state index in [0.717, 1.165) is 18.8 Å². The van der Waals surface area contributed by atoms with Gasteiger partial charge in [-0.2, -0.15) is 0 Å². The monoisotopic (exact) mass is 432 g/mol. The minimum absolute atomic E-state index is 0.266. The lowest BCUT2D eigenvalue weighted by Crippen LogP contribution is -2.37. The number of H-pyrrole nitrogens is 1. The van der Waals surface area contributed by atoms with Gasteiger partial charge in [-0.05, 0) is 25.1 Å². The summed E-state index contributed by atoms with van der Waals surface area (Å²) < 4.78 is 5.37. The SMILES string of the molecule is Cc1nc(N2CCOCC2)ncc1-c1cc(=O)[nH]c(Nc2cc(Cl)cc(Cl)c2)n1. The Balaban J connectivity index is 1.64. The molecule has 4 rings (SSSR count). The molecule has 3 aromatic rings. The summed E-state index contributed by atoms with van der Waals surface area (Å²) in [6, 6.07) is 6.41. The highest BCUT2D eigenvalue weighted by Gasteiger charge is 2.16. The normalized spacial score (nSPS) is 14.1. The fourth-order valence-corrected chi connectivity index (χ4v) is 3.57. The number of benzene rings is 1. The first-order valence-electron chi connectivity index (χ1n) is 8.99. The van der Waals surface area contributed by atoms with Gasteiger partial charge < -0.3 is 15.0 Å². The van der Waals surface area contributed by atoms with E-state index in [1.807, 2.05) is 6.92 Å². The first-order chi connectivity index (χ1) is 14.0. The van der Waals surface area contributed by atoms with Gasteiger partial charge in [-0.15, -0.1) is 0 Å². The van der Waals surface area contributed by atoms with E-state index in [2.05, 4.69) is 30.2 Å². The molecule has 0 radical (unpaired) electrons. The number of aryl methyl sites for hydroxylation is 1. The van der Waals surface area contributed by atoms with Crippen molar-refractivity contribution < 1.29 is 4.74 Å². The van der Waals surface area contributed by atoms with Gasteiger partial charge in [-0.1, -0.05) is 23.2 Å². The van der Waals surface area contributed by atoms with Crippen molar-refractivity contribution >= 4 is 40.8 Å². The van der Waals surface area contributed by atoms with Gasteiger partial charge >= 0.3 is 0 Å². The Morgan fingerprint density at radius 3 is 2.52 bits per heavy atom. The zero-order chi connectivity index (χ0) is 20.4. The molecule has 2 N–H and O–H groups in total. The van der Waals surface area contributed by atoms with E-state index >= 15 is 0 Å². The molecule has 0 atom stereocenters. The second-order valence-corrected chi connectivity index (χ2v) is 7.40. The van der Waals surface area contributed by atoms with Gasteiger partial charge in [-0.3, -0.25) is 9.78 Å². The van der Waals surface area contributed by atoms with Crippen molar-refractivity contribution in [3.8, 4) is 11.3 Å². The molecule has 0 bridgehead atoms. The molecule has 2 aromatic heterocycles. The van der Waals surface area contributed by atoms with E-state index in [4.69, 9.17) is 27.9 Å². The van der Waals surface area contributed by atoms with Gasteiger partial charge in [-0.25, -0.2) is 15.0 Å². The lowest BCUT2D eigenvalue weighted by Gasteiger charge is -2.27. The predicted octanol–water partition coefficient (Wildman–Crippen LogP) is 3.42. The molecule has 1 aromatic carbocycles. The predicted molar refractivity (Wildman–Crippen MR) is 113 cm³/mol. The standard InChI is InChI=1S/C19H18Cl2N6O2/c1-11-15(10-22-19(23-11)27-2-4-29-5-3-27)16-9-17(28)26-18(25-16)24-14-7-12(20)6-13(21)8-14/h6-10H,2-5H2,1H3,(H2,24,25,26,28). The number of hydrogen-bond donors (Lipinski definition) is 2. The summed E-state index contributed by atoms with van der Waals surface area (Å²) in [5.74, 6) is 0.911. The van der Waals surface area contributed by atoms with Gasteiger partial charge in [0.15, 0.2) is 0 Å². The summed E-state index contributed by atoms with van der Waals surface area (Å²) in [5.41, 5.74) is 2.19. The number of aromatic amines is 1. The molecular formula is C19H18Cl2N6O2. The molecule has 0 saturated carbocycles. The molecule has 0 unspecified atom stereocenters. The fourth-order valence-electron chi connectivity index (χ4n) is 3.04. The van der Waals surface area contributed by atoms with E-state index in [9.17, 15) is 4.79 Å². The second kappa shape index (κ2) is 8.36. The van der Waals surface area contributed by atoms with E-state index < -0.39 is 0 Å². The average Bonchev–Trinajstić information content (AvgIpc) is 2.67. The summed E-state index contributed by atoms with van der Waals surface area (Å²) >= 11 is 12.1. The number of anilines is 3. The Bertz CT molecular complexity index is 1080. The van der Waals surface area contributed by atoms with Crippen LogP contribution >= 0.6 is 23.2 Å². The first kappa shape index (κ1) is 19.6. The van der Waals surface area contributed by atoms with Crippen molar-refractivity contribution in [2.24, 2.45) is 0 Å². The maximum Gasteiger partial charge on any atom is 0.252 e. The lowest BCUT2D eigenvalue weighted by atomic mass is 10.2. The van der Waals surface area contributed by atoms with Crippen LogP contribution in [0.2, 0.25) is 10.0 Å². The minimum atomic E-state index is -0.303. The van der Waals surface area contributed by atoms with Crippen LogP contribution in [0.1, 0.15) is 5.69 Å². The summed E-state index contributed by atoms with van der Waals surface area (Å²) in [6.07, 6.45) is 1.69. The number of ether oxygens (including phenoxy) is 1. The van der Waals surface area contributed by atoms with Crippen molar-refractivity contribution in [2.45, 2.75) is 6.92 Å². The Kier molecular flexibility index (Phi) is 5.66. The third kappa shape index (κ3) is 4.67. The van der Waals surface area contributed by atoms with Crippen molar-refractivity contribution in [2.75, 3.05) is 36.5 Å². The number of rotatable bonds is 4.